The molecule has 1 saturated heterocycles. The molecule has 0 radical (unpaired) electrons. The van der Waals surface area contributed by atoms with E-state index in [4.69, 9.17) is 14.2 Å². The van der Waals surface area contributed by atoms with E-state index < -0.39 is 12.0 Å². The van der Waals surface area contributed by atoms with Gasteiger partial charge in [0.15, 0.2) is 0 Å². The summed E-state index contributed by atoms with van der Waals surface area (Å²) in [7, 11) is 0. The van der Waals surface area contributed by atoms with Gasteiger partial charge in [-0.15, -0.1) is 0 Å². The summed E-state index contributed by atoms with van der Waals surface area (Å²) in [6.45, 7) is 5.87. The molecule has 6 nitrogen and oxygen atoms in total. The molecule has 1 fully saturated rings. The molecule has 0 aliphatic carbocycles. The number of carbonyl (C=O) groups is 2. The number of benzene rings is 3. The maximum Gasteiger partial charge on any atom is 0.310 e. The van der Waals surface area contributed by atoms with Gasteiger partial charge in [-0.3, -0.25) is 14.5 Å². The number of hydrogen-bond acceptors (Lipinski definition) is 6. The molecule has 0 spiro atoms. The van der Waals surface area contributed by atoms with Crippen molar-refractivity contribution in [2.24, 2.45) is 11.8 Å². The van der Waals surface area contributed by atoms with Crippen LogP contribution in [0.15, 0.2) is 84.9 Å². The van der Waals surface area contributed by atoms with Crippen LogP contribution in [0.25, 0.3) is 0 Å². The quantitative estimate of drug-likeness (QED) is 0.367. The Hall–Kier alpha value is -3.64. The van der Waals surface area contributed by atoms with Crippen LogP contribution in [0.3, 0.4) is 0 Å². The van der Waals surface area contributed by atoms with Crippen LogP contribution in [-0.4, -0.2) is 36.5 Å². The van der Waals surface area contributed by atoms with Crippen LogP contribution in [-0.2, 0) is 32.2 Å². The maximum absolute atomic E-state index is 12.9. The van der Waals surface area contributed by atoms with Gasteiger partial charge in [-0.25, -0.2) is 0 Å². The average Bonchev–Trinajstić information content (AvgIpc) is 3.31. The lowest BCUT2D eigenvalue weighted by Gasteiger charge is -2.27. The van der Waals surface area contributed by atoms with E-state index >= 15 is 0 Å². The second-order valence-electron chi connectivity index (χ2n) is 9.08. The third-order valence-electron chi connectivity index (χ3n) is 6.42. The topological polar surface area (TPSA) is 65.1 Å². The molecule has 1 heterocycles. The van der Waals surface area contributed by atoms with Crippen LogP contribution in [0.1, 0.15) is 36.6 Å². The summed E-state index contributed by atoms with van der Waals surface area (Å²) in [6, 6.07) is 27.7. The number of hydrogen-bond donors (Lipinski definition) is 0. The molecule has 188 valence electrons. The Balaban J connectivity index is 1.53. The van der Waals surface area contributed by atoms with Crippen molar-refractivity contribution in [1.29, 1.82) is 0 Å². The van der Waals surface area contributed by atoms with E-state index in [1.54, 1.807) is 6.92 Å². The van der Waals surface area contributed by atoms with Crippen LogP contribution in [0, 0.1) is 11.8 Å². The standard InChI is InChI=1S/C30H33NO5/c1-3-34-30(33)28-20-31(18-23-10-6-4-7-11-23)19-27(28)29(36-22(2)32)25-14-16-26(17-15-25)35-21-24-12-8-5-9-13-24/h4-17,27-29H,3,18-21H2,1-2H3/t27-,28+,29-/m1/s1. The summed E-state index contributed by atoms with van der Waals surface area (Å²) >= 11 is 0. The Bertz CT molecular complexity index is 1120. The first kappa shape index (κ1) is 25.5. The summed E-state index contributed by atoms with van der Waals surface area (Å²) in [5.41, 5.74) is 3.09. The highest BCUT2D eigenvalue weighted by molar-refractivity contribution is 5.74. The van der Waals surface area contributed by atoms with Gasteiger partial charge in [0.1, 0.15) is 18.5 Å². The molecule has 0 amide bonds. The molecule has 1 aliphatic rings. The van der Waals surface area contributed by atoms with Crippen LogP contribution < -0.4 is 4.74 Å². The molecule has 3 atom stereocenters. The van der Waals surface area contributed by atoms with Gasteiger partial charge in [0.05, 0.1) is 12.5 Å². The second-order valence-corrected chi connectivity index (χ2v) is 9.08. The van der Waals surface area contributed by atoms with Crippen molar-refractivity contribution in [3.63, 3.8) is 0 Å². The van der Waals surface area contributed by atoms with E-state index in [-0.39, 0.29) is 17.9 Å². The summed E-state index contributed by atoms with van der Waals surface area (Å²) in [4.78, 5) is 27.3. The normalized spacial score (nSPS) is 18.4. The van der Waals surface area contributed by atoms with E-state index in [2.05, 4.69) is 17.0 Å². The highest BCUT2D eigenvalue weighted by atomic mass is 16.5. The third-order valence-corrected chi connectivity index (χ3v) is 6.42. The number of likely N-dealkylation sites (tertiary alicyclic amines) is 1. The van der Waals surface area contributed by atoms with Gasteiger partial charge in [0, 0.05) is 32.5 Å². The Morgan fingerprint density at radius 2 is 1.53 bits per heavy atom. The SMILES string of the molecule is CCOC(=O)[C@H]1CN(Cc2ccccc2)C[C@H]1[C@H](OC(C)=O)c1ccc(OCc2ccccc2)cc1. The molecule has 0 N–H and O–H groups in total. The van der Waals surface area contributed by atoms with Crippen LogP contribution in [0.5, 0.6) is 5.75 Å². The zero-order chi connectivity index (χ0) is 25.3. The summed E-state index contributed by atoms with van der Waals surface area (Å²) < 4.78 is 17.2. The van der Waals surface area contributed by atoms with Gasteiger partial charge < -0.3 is 14.2 Å². The Morgan fingerprint density at radius 1 is 0.889 bits per heavy atom. The number of ether oxygens (including phenoxy) is 3. The van der Waals surface area contributed by atoms with Crippen molar-refractivity contribution >= 4 is 11.9 Å². The molecule has 1 aliphatic heterocycles. The maximum atomic E-state index is 12.9. The molecule has 36 heavy (non-hydrogen) atoms. The lowest BCUT2D eigenvalue weighted by Crippen LogP contribution is -2.31. The molecule has 4 rings (SSSR count). The van der Waals surface area contributed by atoms with E-state index in [9.17, 15) is 9.59 Å². The lowest BCUT2D eigenvalue weighted by atomic mass is 9.86. The highest BCUT2D eigenvalue weighted by Gasteiger charge is 2.44. The predicted octanol–water partition coefficient (Wildman–Crippen LogP) is 5.18. The van der Waals surface area contributed by atoms with Gasteiger partial charge >= 0.3 is 11.9 Å². The zero-order valence-corrected chi connectivity index (χ0v) is 20.8. The molecule has 0 saturated carbocycles. The number of rotatable bonds is 10. The monoisotopic (exact) mass is 487 g/mol. The lowest BCUT2D eigenvalue weighted by molar-refractivity contribution is -0.157. The largest absolute Gasteiger partial charge is 0.489 e. The molecule has 3 aromatic carbocycles. The summed E-state index contributed by atoms with van der Waals surface area (Å²) in [6.07, 6.45) is -0.569. The van der Waals surface area contributed by atoms with Crippen LogP contribution in [0.4, 0.5) is 0 Å². The average molecular weight is 488 g/mol. The molecule has 0 aromatic heterocycles. The predicted molar refractivity (Wildman–Crippen MR) is 137 cm³/mol. The number of nitrogens with zero attached hydrogens (tertiary/aromatic N) is 1. The smallest absolute Gasteiger partial charge is 0.310 e. The van der Waals surface area contributed by atoms with Crippen molar-refractivity contribution in [2.45, 2.75) is 33.1 Å². The van der Waals surface area contributed by atoms with Crippen molar-refractivity contribution in [3.8, 4) is 5.75 Å². The van der Waals surface area contributed by atoms with Gasteiger partial charge in [0.25, 0.3) is 0 Å². The first-order chi connectivity index (χ1) is 17.5. The number of carbonyl (C=O) groups excluding carboxylic acids is 2. The molecule has 6 heteroatoms. The fourth-order valence-corrected chi connectivity index (χ4v) is 4.77. The van der Waals surface area contributed by atoms with Crippen molar-refractivity contribution in [1.82, 2.24) is 4.90 Å². The molecule has 0 unspecified atom stereocenters. The van der Waals surface area contributed by atoms with Crippen molar-refractivity contribution in [3.05, 3.63) is 102 Å². The van der Waals surface area contributed by atoms with Gasteiger partial charge in [-0.2, -0.15) is 0 Å². The minimum Gasteiger partial charge on any atom is -0.489 e. The van der Waals surface area contributed by atoms with Crippen molar-refractivity contribution < 1.29 is 23.8 Å². The van der Waals surface area contributed by atoms with E-state index in [1.165, 1.54) is 12.5 Å². The Kier molecular flexibility index (Phi) is 8.74. The third kappa shape index (κ3) is 6.73. The fraction of sp³-hybridized carbons (Fsp3) is 0.333. The van der Waals surface area contributed by atoms with E-state index in [0.29, 0.717) is 32.8 Å². The number of esters is 2. The fourth-order valence-electron chi connectivity index (χ4n) is 4.77. The highest BCUT2D eigenvalue weighted by Crippen LogP contribution is 2.39. The van der Waals surface area contributed by atoms with Crippen LogP contribution in [0.2, 0.25) is 0 Å². The minimum atomic E-state index is -0.569. The molecular weight excluding hydrogens is 454 g/mol. The van der Waals surface area contributed by atoms with Crippen LogP contribution >= 0.6 is 0 Å². The van der Waals surface area contributed by atoms with E-state index in [1.807, 2.05) is 72.8 Å². The van der Waals surface area contributed by atoms with Crippen molar-refractivity contribution in [2.75, 3.05) is 19.7 Å². The summed E-state index contributed by atoms with van der Waals surface area (Å²) in [5, 5.41) is 0. The zero-order valence-electron chi connectivity index (χ0n) is 20.8. The second kappa shape index (κ2) is 12.4. The van der Waals surface area contributed by atoms with Gasteiger partial charge in [-0.1, -0.05) is 72.8 Å². The van der Waals surface area contributed by atoms with E-state index in [0.717, 1.165) is 16.9 Å². The van der Waals surface area contributed by atoms with Gasteiger partial charge in [0.2, 0.25) is 0 Å². The molecular formula is C30H33NO5. The summed E-state index contributed by atoms with van der Waals surface area (Å²) in [5.74, 6) is -0.533. The molecule has 0 bridgehead atoms. The minimum absolute atomic E-state index is 0.229. The Morgan fingerprint density at radius 3 is 2.14 bits per heavy atom. The first-order valence-electron chi connectivity index (χ1n) is 12.4. The van der Waals surface area contributed by atoms with Gasteiger partial charge in [-0.05, 0) is 35.7 Å². The Labute approximate surface area is 212 Å². The first-order valence-corrected chi connectivity index (χ1v) is 12.4. The molecule has 3 aromatic rings.